The third-order valence-corrected chi connectivity index (χ3v) is 5.49. The first kappa shape index (κ1) is 21.2. The van der Waals surface area contributed by atoms with Crippen LogP contribution in [0.1, 0.15) is 37.7 Å². The summed E-state index contributed by atoms with van der Waals surface area (Å²) in [6, 6.07) is 15.5. The summed E-state index contributed by atoms with van der Waals surface area (Å²) in [6.07, 6.45) is 6.82. The van der Waals surface area contributed by atoms with Crippen LogP contribution in [-0.4, -0.2) is 31.4 Å². The Balaban J connectivity index is 1.39. The van der Waals surface area contributed by atoms with Crippen molar-refractivity contribution in [1.82, 2.24) is 5.32 Å². The smallest absolute Gasteiger partial charge is 0.313 e. The normalized spacial score (nSPS) is 14.2. The van der Waals surface area contributed by atoms with Gasteiger partial charge in [-0.2, -0.15) is 0 Å². The van der Waals surface area contributed by atoms with Crippen molar-refractivity contribution < 1.29 is 9.59 Å². The lowest BCUT2D eigenvalue weighted by molar-refractivity contribution is -0.136. The van der Waals surface area contributed by atoms with Gasteiger partial charge in [0.15, 0.2) is 0 Å². The second-order valence-electron chi connectivity index (χ2n) is 7.36. The Bertz CT molecular complexity index is 815. The molecule has 2 aromatic rings. The predicted octanol–water partition coefficient (Wildman–Crippen LogP) is 4.41. The van der Waals surface area contributed by atoms with E-state index in [1.165, 1.54) is 36.9 Å². The van der Waals surface area contributed by atoms with Crippen molar-refractivity contribution in [2.45, 2.75) is 38.5 Å². The number of halogens is 1. The molecule has 1 fully saturated rings. The van der Waals surface area contributed by atoms with Crippen molar-refractivity contribution >= 4 is 34.8 Å². The molecule has 1 saturated heterocycles. The van der Waals surface area contributed by atoms with E-state index in [0.717, 1.165) is 25.9 Å². The summed E-state index contributed by atoms with van der Waals surface area (Å²) in [4.78, 5) is 26.4. The lowest BCUT2D eigenvalue weighted by Gasteiger charge is -2.22. The molecular formula is C23H28ClN3O2. The van der Waals surface area contributed by atoms with Crippen LogP contribution in [0.4, 0.5) is 11.4 Å². The van der Waals surface area contributed by atoms with Crippen LogP contribution in [0.25, 0.3) is 0 Å². The van der Waals surface area contributed by atoms with Crippen molar-refractivity contribution in [3.8, 4) is 0 Å². The topological polar surface area (TPSA) is 61.4 Å². The zero-order valence-electron chi connectivity index (χ0n) is 16.6. The number of rotatable bonds is 6. The van der Waals surface area contributed by atoms with Crippen LogP contribution in [0, 0.1) is 0 Å². The molecule has 0 radical (unpaired) electrons. The molecule has 0 atom stereocenters. The fourth-order valence-electron chi connectivity index (χ4n) is 3.52. The number of carbonyl (C=O) groups excluding carboxylic acids is 2. The zero-order valence-corrected chi connectivity index (χ0v) is 17.4. The molecule has 2 amide bonds. The number of nitrogens with zero attached hydrogens (tertiary/aromatic N) is 1. The van der Waals surface area contributed by atoms with E-state index in [9.17, 15) is 9.59 Å². The maximum absolute atomic E-state index is 12.0. The largest absolute Gasteiger partial charge is 0.372 e. The lowest BCUT2D eigenvalue weighted by atomic mass is 10.1. The highest BCUT2D eigenvalue weighted by atomic mass is 35.5. The fourth-order valence-corrected chi connectivity index (χ4v) is 3.70. The second-order valence-corrected chi connectivity index (χ2v) is 7.77. The molecule has 5 nitrogen and oxygen atoms in total. The molecule has 1 heterocycles. The highest BCUT2D eigenvalue weighted by Crippen LogP contribution is 2.21. The Labute approximate surface area is 177 Å². The quantitative estimate of drug-likeness (QED) is 0.544. The Kier molecular flexibility index (Phi) is 7.94. The summed E-state index contributed by atoms with van der Waals surface area (Å²) in [5.74, 6) is -1.36. The van der Waals surface area contributed by atoms with Gasteiger partial charge in [0, 0.05) is 25.3 Å². The first-order valence-corrected chi connectivity index (χ1v) is 10.7. The average molecular weight is 414 g/mol. The Hall–Kier alpha value is -2.53. The standard InChI is InChI=1S/C23H28ClN3O2/c24-20-9-3-4-10-21(20)26-23(29)22(28)25-15-7-8-18-11-13-19(14-12-18)27-16-5-1-2-6-17-27/h3-4,9-14H,1-2,5-8,15-17H2,(H,25,28)(H,26,29). The zero-order chi connectivity index (χ0) is 20.5. The van der Waals surface area contributed by atoms with E-state index >= 15 is 0 Å². The Morgan fingerprint density at radius 2 is 1.59 bits per heavy atom. The monoisotopic (exact) mass is 413 g/mol. The van der Waals surface area contributed by atoms with Gasteiger partial charge in [-0.1, -0.05) is 48.7 Å². The fraction of sp³-hybridized carbons (Fsp3) is 0.391. The van der Waals surface area contributed by atoms with E-state index in [4.69, 9.17) is 11.6 Å². The van der Waals surface area contributed by atoms with Crippen LogP contribution in [-0.2, 0) is 16.0 Å². The van der Waals surface area contributed by atoms with Crippen LogP contribution in [0.2, 0.25) is 5.02 Å². The molecule has 1 aliphatic rings. The number of benzene rings is 2. The molecule has 3 rings (SSSR count). The number of hydrogen-bond acceptors (Lipinski definition) is 3. The SMILES string of the molecule is O=C(NCCCc1ccc(N2CCCCCC2)cc1)C(=O)Nc1ccccc1Cl. The number of amides is 2. The summed E-state index contributed by atoms with van der Waals surface area (Å²) < 4.78 is 0. The first-order valence-electron chi connectivity index (χ1n) is 10.3. The van der Waals surface area contributed by atoms with Gasteiger partial charge < -0.3 is 15.5 Å². The number of aryl methyl sites for hydroxylation is 1. The summed E-state index contributed by atoms with van der Waals surface area (Å²) in [6.45, 7) is 2.73. The molecule has 29 heavy (non-hydrogen) atoms. The summed E-state index contributed by atoms with van der Waals surface area (Å²) >= 11 is 5.99. The molecule has 0 saturated carbocycles. The van der Waals surface area contributed by atoms with Gasteiger partial charge in [-0.3, -0.25) is 9.59 Å². The van der Waals surface area contributed by atoms with E-state index in [1.54, 1.807) is 24.3 Å². The van der Waals surface area contributed by atoms with Crippen molar-refractivity contribution in [1.29, 1.82) is 0 Å². The molecular weight excluding hydrogens is 386 g/mol. The summed E-state index contributed by atoms with van der Waals surface area (Å²) in [5, 5.41) is 5.58. The highest BCUT2D eigenvalue weighted by Gasteiger charge is 2.14. The minimum atomic E-state index is -0.708. The van der Waals surface area contributed by atoms with Gasteiger partial charge >= 0.3 is 11.8 Å². The number of nitrogens with one attached hydrogen (secondary N) is 2. The predicted molar refractivity (Wildman–Crippen MR) is 119 cm³/mol. The molecule has 0 aromatic heterocycles. The van der Waals surface area contributed by atoms with E-state index in [-0.39, 0.29) is 0 Å². The summed E-state index contributed by atoms with van der Waals surface area (Å²) in [7, 11) is 0. The lowest BCUT2D eigenvalue weighted by Crippen LogP contribution is -2.36. The molecule has 2 N–H and O–H groups in total. The average Bonchev–Trinajstić information content (AvgIpc) is 3.03. The van der Waals surface area contributed by atoms with Gasteiger partial charge in [0.05, 0.1) is 10.7 Å². The van der Waals surface area contributed by atoms with Crippen LogP contribution >= 0.6 is 11.6 Å². The minimum Gasteiger partial charge on any atom is -0.372 e. The van der Waals surface area contributed by atoms with Crippen LogP contribution in [0.5, 0.6) is 0 Å². The molecule has 1 aliphatic heterocycles. The Morgan fingerprint density at radius 3 is 2.28 bits per heavy atom. The molecule has 0 unspecified atom stereocenters. The summed E-state index contributed by atoms with van der Waals surface area (Å²) in [5.41, 5.74) is 2.96. The van der Waals surface area contributed by atoms with Gasteiger partial charge in [-0.25, -0.2) is 0 Å². The number of hydrogen-bond donors (Lipinski definition) is 2. The van der Waals surface area contributed by atoms with Gasteiger partial charge in [0.2, 0.25) is 0 Å². The van der Waals surface area contributed by atoms with Crippen molar-refractivity contribution in [2.75, 3.05) is 29.9 Å². The second kappa shape index (κ2) is 10.9. The highest BCUT2D eigenvalue weighted by molar-refractivity contribution is 6.41. The maximum Gasteiger partial charge on any atom is 0.313 e. The van der Waals surface area contributed by atoms with Crippen LogP contribution < -0.4 is 15.5 Å². The molecule has 0 aliphatic carbocycles. The first-order chi connectivity index (χ1) is 14.1. The van der Waals surface area contributed by atoms with E-state index in [1.807, 2.05) is 0 Å². The number of carbonyl (C=O) groups is 2. The molecule has 6 heteroatoms. The molecule has 154 valence electrons. The van der Waals surface area contributed by atoms with Gasteiger partial charge in [0.25, 0.3) is 0 Å². The van der Waals surface area contributed by atoms with Gasteiger partial charge in [-0.15, -0.1) is 0 Å². The minimum absolute atomic E-state index is 0.400. The third-order valence-electron chi connectivity index (χ3n) is 5.16. The van der Waals surface area contributed by atoms with E-state index < -0.39 is 11.8 Å². The van der Waals surface area contributed by atoms with Gasteiger partial charge in [0.1, 0.15) is 0 Å². The third kappa shape index (κ3) is 6.50. The van der Waals surface area contributed by atoms with Gasteiger partial charge in [-0.05, 0) is 55.5 Å². The van der Waals surface area contributed by atoms with E-state index in [0.29, 0.717) is 17.3 Å². The molecule has 0 spiro atoms. The van der Waals surface area contributed by atoms with Crippen LogP contribution in [0.3, 0.4) is 0 Å². The van der Waals surface area contributed by atoms with E-state index in [2.05, 4.69) is 39.8 Å². The maximum atomic E-state index is 12.0. The Morgan fingerprint density at radius 1 is 0.897 bits per heavy atom. The van der Waals surface area contributed by atoms with Crippen molar-refractivity contribution in [3.05, 3.63) is 59.1 Å². The number of para-hydroxylation sites is 1. The molecule has 0 bridgehead atoms. The molecule has 2 aromatic carbocycles. The van der Waals surface area contributed by atoms with Crippen molar-refractivity contribution in [2.24, 2.45) is 0 Å². The van der Waals surface area contributed by atoms with Crippen LogP contribution in [0.15, 0.2) is 48.5 Å². The van der Waals surface area contributed by atoms with Crippen molar-refractivity contribution in [3.63, 3.8) is 0 Å². The number of anilines is 2.